The first-order chi connectivity index (χ1) is 9.54. The minimum absolute atomic E-state index is 0.669. The third-order valence-corrected chi connectivity index (χ3v) is 3.35. The zero-order chi connectivity index (χ0) is 14.5. The number of nitrogens with zero attached hydrogens (tertiary/aromatic N) is 1. The maximum absolute atomic E-state index is 5.54. The van der Waals surface area contributed by atoms with Crippen LogP contribution in [0.15, 0.2) is 28.7 Å². The summed E-state index contributed by atoms with van der Waals surface area (Å²) < 4.78 is 5.54. The van der Waals surface area contributed by atoms with Gasteiger partial charge in [-0.05, 0) is 37.3 Å². The van der Waals surface area contributed by atoms with Crippen LogP contribution in [0, 0.1) is 19.8 Å². The van der Waals surface area contributed by atoms with Crippen molar-refractivity contribution < 1.29 is 4.42 Å². The molecule has 0 radical (unpaired) electrons. The Balaban J connectivity index is 1.82. The van der Waals surface area contributed by atoms with E-state index in [9.17, 15) is 0 Å². The highest BCUT2D eigenvalue weighted by Crippen LogP contribution is 2.11. The predicted octanol–water partition coefficient (Wildman–Crippen LogP) is 3.78. The van der Waals surface area contributed by atoms with Crippen LogP contribution in [0.25, 0.3) is 0 Å². The quantitative estimate of drug-likeness (QED) is 0.869. The molecule has 0 aliphatic rings. The van der Waals surface area contributed by atoms with Crippen LogP contribution in [0.4, 0.5) is 0 Å². The second-order valence-electron chi connectivity index (χ2n) is 5.77. The highest BCUT2D eigenvalue weighted by atomic mass is 16.4. The van der Waals surface area contributed by atoms with Crippen LogP contribution in [0.3, 0.4) is 0 Å². The van der Waals surface area contributed by atoms with Gasteiger partial charge >= 0.3 is 0 Å². The zero-order valence-electron chi connectivity index (χ0n) is 12.9. The van der Waals surface area contributed by atoms with Gasteiger partial charge in [-0.25, -0.2) is 4.98 Å². The van der Waals surface area contributed by atoms with Crippen LogP contribution in [-0.4, -0.2) is 4.98 Å². The molecular formula is C17H24N2O. The third kappa shape index (κ3) is 4.20. The van der Waals surface area contributed by atoms with E-state index in [4.69, 9.17) is 4.42 Å². The van der Waals surface area contributed by atoms with E-state index in [2.05, 4.69) is 48.4 Å². The van der Waals surface area contributed by atoms with E-state index >= 15 is 0 Å². The fraction of sp³-hybridized carbons (Fsp3) is 0.471. The molecule has 0 fully saturated rings. The SMILES string of the molecule is Cc1nc(CNCc2ccc(CC(C)C)cc2)oc1C. The Morgan fingerprint density at radius 3 is 2.25 bits per heavy atom. The molecule has 2 aromatic rings. The normalized spacial score (nSPS) is 11.2. The molecule has 0 atom stereocenters. The summed E-state index contributed by atoms with van der Waals surface area (Å²) in [6.45, 7) is 9.91. The lowest BCUT2D eigenvalue weighted by Crippen LogP contribution is -2.13. The summed E-state index contributed by atoms with van der Waals surface area (Å²) in [6, 6.07) is 8.82. The van der Waals surface area contributed by atoms with E-state index in [1.54, 1.807) is 0 Å². The summed E-state index contributed by atoms with van der Waals surface area (Å²) in [5, 5.41) is 3.36. The molecule has 1 aromatic heterocycles. The van der Waals surface area contributed by atoms with Gasteiger partial charge in [-0.2, -0.15) is 0 Å². The number of hydrogen-bond acceptors (Lipinski definition) is 3. The average molecular weight is 272 g/mol. The zero-order valence-corrected chi connectivity index (χ0v) is 12.9. The Morgan fingerprint density at radius 1 is 1.05 bits per heavy atom. The van der Waals surface area contributed by atoms with Crippen LogP contribution in [-0.2, 0) is 19.5 Å². The molecule has 3 nitrogen and oxygen atoms in total. The molecule has 1 aromatic carbocycles. The molecule has 2 rings (SSSR count). The number of oxazole rings is 1. The van der Waals surface area contributed by atoms with Crippen molar-refractivity contribution in [1.82, 2.24) is 10.3 Å². The van der Waals surface area contributed by atoms with E-state index in [-0.39, 0.29) is 0 Å². The summed E-state index contributed by atoms with van der Waals surface area (Å²) in [6.07, 6.45) is 1.14. The lowest BCUT2D eigenvalue weighted by molar-refractivity contribution is 0.448. The molecule has 0 unspecified atom stereocenters. The molecule has 0 spiro atoms. The summed E-state index contributed by atoms with van der Waals surface area (Å²) in [7, 11) is 0. The predicted molar refractivity (Wildman–Crippen MR) is 81.5 cm³/mol. The Bertz CT molecular complexity index is 521. The first kappa shape index (κ1) is 14.8. The van der Waals surface area contributed by atoms with E-state index < -0.39 is 0 Å². The monoisotopic (exact) mass is 272 g/mol. The molecular weight excluding hydrogens is 248 g/mol. The van der Waals surface area contributed by atoms with Crippen molar-refractivity contribution in [2.24, 2.45) is 5.92 Å². The summed E-state index contributed by atoms with van der Waals surface area (Å²) >= 11 is 0. The van der Waals surface area contributed by atoms with Crippen molar-refractivity contribution in [2.45, 2.75) is 47.2 Å². The molecule has 0 saturated carbocycles. The Labute approximate surface area is 121 Å². The van der Waals surface area contributed by atoms with Crippen molar-refractivity contribution >= 4 is 0 Å². The Hall–Kier alpha value is -1.61. The van der Waals surface area contributed by atoms with Gasteiger partial charge in [-0.15, -0.1) is 0 Å². The first-order valence-corrected chi connectivity index (χ1v) is 7.26. The van der Waals surface area contributed by atoms with Crippen molar-refractivity contribution in [1.29, 1.82) is 0 Å². The van der Waals surface area contributed by atoms with E-state index in [1.165, 1.54) is 11.1 Å². The molecule has 0 aliphatic carbocycles. The Kier molecular flexibility index (Phi) is 4.96. The highest BCUT2D eigenvalue weighted by Gasteiger charge is 2.04. The van der Waals surface area contributed by atoms with Crippen LogP contribution in [0.5, 0.6) is 0 Å². The number of aromatic nitrogens is 1. The summed E-state index contributed by atoms with van der Waals surface area (Å²) in [5.74, 6) is 2.37. The fourth-order valence-corrected chi connectivity index (χ4v) is 2.19. The van der Waals surface area contributed by atoms with Gasteiger partial charge in [0.05, 0.1) is 12.2 Å². The van der Waals surface area contributed by atoms with E-state index in [1.807, 2.05) is 13.8 Å². The van der Waals surface area contributed by atoms with Gasteiger partial charge in [-0.3, -0.25) is 0 Å². The Morgan fingerprint density at radius 2 is 1.70 bits per heavy atom. The number of aryl methyl sites for hydroxylation is 2. The van der Waals surface area contributed by atoms with Gasteiger partial charge in [0.2, 0.25) is 5.89 Å². The second-order valence-corrected chi connectivity index (χ2v) is 5.77. The highest BCUT2D eigenvalue weighted by molar-refractivity contribution is 5.22. The van der Waals surface area contributed by atoms with Crippen LogP contribution in [0.2, 0.25) is 0 Å². The van der Waals surface area contributed by atoms with Gasteiger partial charge < -0.3 is 9.73 Å². The minimum atomic E-state index is 0.669. The largest absolute Gasteiger partial charge is 0.444 e. The van der Waals surface area contributed by atoms with Crippen molar-refractivity contribution in [2.75, 3.05) is 0 Å². The number of nitrogens with one attached hydrogen (secondary N) is 1. The van der Waals surface area contributed by atoms with Crippen LogP contribution in [0.1, 0.15) is 42.3 Å². The van der Waals surface area contributed by atoms with Gasteiger partial charge in [0, 0.05) is 6.54 Å². The van der Waals surface area contributed by atoms with Gasteiger partial charge in [0.15, 0.2) is 0 Å². The van der Waals surface area contributed by atoms with Gasteiger partial charge in [-0.1, -0.05) is 38.1 Å². The maximum atomic E-state index is 5.54. The maximum Gasteiger partial charge on any atom is 0.208 e. The molecule has 3 heteroatoms. The average Bonchev–Trinajstić information content (AvgIpc) is 2.70. The molecule has 0 amide bonds. The van der Waals surface area contributed by atoms with Crippen molar-refractivity contribution in [3.8, 4) is 0 Å². The van der Waals surface area contributed by atoms with E-state index in [0.29, 0.717) is 12.5 Å². The van der Waals surface area contributed by atoms with Gasteiger partial charge in [0.1, 0.15) is 5.76 Å². The van der Waals surface area contributed by atoms with Crippen LogP contribution >= 0.6 is 0 Å². The summed E-state index contributed by atoms with van der Waals surface area (Å²) in [5.41, 5.74) is 3.67. The third-order valence-electron chi connectivity index (χ3n) is 3.35. The molecule has 108 valence electrons. The molecule has 1 heterocycles. The number of benzene rings is 1. The molecule has 1 N–H and O–H groups in total. The number of rotatable bonds is 6. The van der Waals surface area contributed by atoms with Crippen LogP contribution < -0.4 is 5.32 Å². The number of hydrogen-bond donors (Lipinski definition) is 1. The van der Waals surface area contributed by atoms with E-state index in [0.717, 1.165) is 30.3 Å². The summed E-state index contributed by atoms with van der Waals surface area (Å²) in [4.78, 5) is 4.36. The van der Waals surface area contributed by atoms with Crippen molar-refractivity contribution in [3.63, 3.8) is 0 Å². The lowest BCUT2D eigenvalue weighted by Gasteiger charge is -2.07. The minimum Gasteiger partial charge on any atom is -0.444 e. The topological polar surface area (TPSA) is 38.1 Å². The molecule has 0 aliphatic heterocycles. The molecule has 0 bridgehead atoms. The standard InChI is InChI=1S/C17H24N2O/c1-12(2)9-15-5-7-16(8-6-15)10-18-11-17-19-13(3)14(4)20-17/h5-8,12,18H,9-11H2,1-4H3. The molecule has 0 saturated heterocycles. The van der Waals surface area contributed by atoms with Gasteiger partial charge in [0.25, 0.3) is 0 Å². The molecule has 20 heavy (non-hydrogen) atoms. The van der Waals surface area contributed by atoms with Crippen molar-refractivity contribution in [3.05, 3.63) is 52.7 Å². The fourth-order valence-electron chi connectivity index (χ4n) is 2.19. The second kappa shape index (κ2) is 6.71. The first-order valence-electron chi connectivity index (χ1n) is 7.26. The lowest BCUT2D eigenvalue weighted by atomic mass is 10.0. The smallest absolute Gasteiger partial charge is 0.208 e.